The van der Waals surface area contributed by atoms with Crippen molar-refractivity contribution in [1.82, 2.24) is 9.80 Å². The largest absolute Gasteiger partial charge is 0.366 e. The van der Waals surface area contributed by atoms with E-state index in [0.29, 0.717) is 45.0 Å². The highest BCUT2D eigenvalue weighted by atomic mass is 19.1. The summed E-state index contributed by atoms with van der Waals surface area (Å²) >= 11 is 0. The van der Waals surface area contributed by atoms with Crippen molar-refractivity contribution in [1.29, 1.82) is 0 Å². The van der Waals surface area contributed by atoms with Gasteiger partial charge >= 0.3 is 0 Å². The molecular formula is C24H29FN4O2. The number of halogens is 1. The molecule has 0 unspecified atom stereocenters. The minimum atomic E-state index is -0.226. The van der Waals surface area contributed by atoms with E-state index in [4.69, 9.17) is 0 Å². The summed E-state index contributed by atoms with van der Waals surface area (Å²) in [7, 11) is 0. The van der Waals surface area contributed by atoms with Gasteiger partial charge in [-0.2, -0.15) is 0 Å². The van der Waals surface area contributed by atoms with Crippen LogP contribution in [0.15, 0.2) is 54.6 Å². The molecule has 0 bridgehead atoms. The van der Waals surface area contributed by atoms with Gasteiger partial charge in [0, 0.05) is 38.4 Å². The Hall–Kier alpha value is -2.93. The third kappa shape index (κ3) is 5.41. The number of hydrogen-bond donors (Lipinski definition) is 1. The molecule has 2 aromatic carbocycles. The van der Waals surface area contributed by atoms with Crippen molar-refractivity contribution in [2.24, 2.45) is 5.92 Å². The zero-order valence-electron chi connectivity index (χ0n) is 17.7. The zero-order chi connectivity index (χ0) is 21.6. The van der Waals surface area contributed by atoms with E-state index in [0.717, 1.165) is 25.1 Å². The Morgan fingerprint density at radius 1 is 0.935 bits per heavy atom. The molecule has 6 nitrogen and oxygen atoms in total. The van der Waals surface area contributed by atoms with Gasteiger partial charge in [0.25, 0.3) is 0 Å². The van der Waals surface area contributed by atoms with Crippen LogP contribution in [-0.2, 0) is 9.59 Å². The van der Waals surface area contributed by atoms with Crippen molar-refractivity contribution in [3.8, 4) is 0 Å². The minimum absolute atomic E-state index is 0.0156. The number of nitrogens with zero attached hydrogens (tertiary/aromatic N) is 3. The van der Waals surface area contributed by atoms with Crippen LogP contribution >= 0.6 is 0 Å². The molecular weight excluding hydrogens is 395 g/mol. The molecule has 0 saturated carbocycles. The molecule has 31 heavy (non-hydrogen) atoms. The van der Waals surface area contributed by atoms with Gasteiger partial charge < -0.3 is 15.1 Å². The topological polar surface area (TPSA) is 55.9 Å². The number of piperidine rings is 1. The van der Waals surface area contributed by atoms with Gasteiger partial charge in [0.05, 0.1) is 18.2 Å². The van der Waals surface area contributed by atoms with Gasteiger partial charge in [0.15, 0.2) is 0 Å². The molecule has 7 heteroatoms. The van der Waals surface area contributed by atoms with Crippen LogP contribution in [0.4, 0.5) is 15.8 Å². The Morgan fingerprint density at radius 3 is 2.39 bits per heavy atom. The molecule has 2 aliphatic heterocycles. The second-order valence-corrected chi connectivity index (χ2v) is 8.25. The number of hydrogen-bond acceptors (Lipinski definition) is 4. The number of amides is 2. The van der Waals surface area contributed by atoms with Crippen molar-refractivity contribution < 1.29 is 14.0 Å². The normalized spacial score (nSPS) is 19.8. The van der Waals surface area contributed by atoms with Gasteiger partial charge in [-0.3, -0.25) is 14.5 Å². The highest BCUT2D eigenvalue weighted by molar-refractivity contribution is 5.92. The first-order valence-corrected chi connectivity index (χ1v) is 11.0. The predicted octanol–water partition coefficient (Wildman–Crippen LogP) is 2.83. The summed E-state index contributed by atoms with van der Waals surface area (Å²) in [6, 6.07) is 16.2. The number of piperazine rings is 1. The first-order chi connectivity index (χ1) is 15.1. The van der Waals surface area contributed by atoms with Crippen LogP contribution in [0.2, 0.25) is 0 Å². The van der Waals surface area contributed by atoms with E-state index in [1.54, 1.807) is 12.1 Å². The molecule has 0 aliphatic carbocycles. The fourth-order valence-electron chi connectivity index (χ4n) is 4.38. The summed E-state index contributed by atoms with van der Waals surface area (Å²) in [6.07, 6.45) is 1.74. The lowest BCUT2D eigenvalue weighted by Gasteiger charge is -2.38. The maximum atomic E-state index is 14.0. The summed E-state index contributed by atoms with van der Waals surface area (Å²) in [5.74, 6) is -0.241. The lowest BCUT2D eigenvalue weighted by atomic mass is 9.97. The quantitative estimate of drug-likeness (QED) is 0.802. The van der Waals surface area contributed by atoms with Crippen molar-refractivity contribution in [3.63, 3.8) is 0 Å². The van der Waals surface area contributed by atoms with Gasteiger partial charge in [-0.1, -0.05) is 30.3 Å². The molecule has 2 saturated heterocycles. The zero-order valence-corrected chi connectivity index (χ0v) is 17.7. The molecule has 4 rings (SSSR count). The van der Waals surface area contributed by atoms with Crippen molar-refractivity contribution in [2.75, 3.05) is 56.0 Å². The first kappa shape index (κ1) is 21.3. The van der Waals surface area contributed by atoms with Crippen LogP contribution in [0.1, 0.15) is 12.8 Å². The maximum absolute atomic E-state index is 14.0. The van der Waals surface area contributed by atoms with Crippen LogP contribution in [-0.4, -0.2) is 67.4 Å². The summed E-state index contributed by atoms with van der Waals surface area (Å²) in [5.41, 5.74) is 1.39. The molecule has 2 fully saturated rings. The van der Waals surface area contributed by atoms with Gasteiger partial charge in [-0.15, -0.1) is 0 Å². The highest BCUT2D eigenvalue weighted by Crippen LogP contribution is 2.21. The Kier molecular flexibility index (Phi) is 6.82. The van der Waals surface area contributed by atoms with Crippen LogP contribution in [0.5, 0.6) is 0 Å². The van der Waals surface area contributed by atoms with Gasteiger partial charge in [-0.05, 0) is 43.7 Å². The van der Waals surface area contributed by atoms with E-state index in [-0.39, 0.29) is 23.5 Å². The Balaban J connectivity index is 1.26. The number of nitrogens with one attached hydrogen (secondary N) is 1. The van der Waals surface area contributed by atoms with Crippen molar-refractivity contribution in [2.45, 2.75) is 12.8 Å². The van der Waals surface area contributed by atoms with Crippen LogP contribution in [0.25, 0.3) is 0 Å². The number of likely N-dealkylation sites (tertiary alicyclic amines) is 1. The second-order valence-electron chi connectivity index (χ2n) is 8.25. The average Bonchev–Trinajstić information content (AvgIpc) is 2.80. The minimum Gasteiger partial charge on any atom is -0.366 e. The lowest BCUT2D eigenvalue weighted by molar-refractivity contribution is -0.134. The number of rotatable bonds is 5. The summed E-state index contributed by atoms with van der Waals surface area (Å²) in [6.45, 7) is 4.16. The molecule has 0 aromatic heterocycles. The molecule has 1 N–H and O–H groups in total. The smallest absolute Gasteiger partial charge is 0.236 e. The molecule has 164 valence electrons. The predicted molar refractivity (Wildman–Crippen MR) is 119 cm³/mol. The van der Waals surface area contributed by atoms with Crippen LogP contribution < -0.4 is 10.2 Å². The maximum Gasteiger partial charge on any atom is 0.236 e. The number of anilines is 2. The number of para-hydroxylation sites is 2. The number of carbonyl (C=O) groups is 2. The fraction of sp³-hybridized carbons (Fsp3) is 0.417. The van der Waals surface area contributed by atoms with E-state index in [1.165, 1.54) is 6.07 Å². The first-order valence-electron chi connectivity index (χ1n) is 11.0. The van der Waals surface area contributed by atoms with Crippen LogP contribution in [0.3, 0.4) is 0 Å². The SMILES string of the molecule is O=C(Nc1ccccc1)[C@@H]1CCCN(CC(=O)N2CCN(c3ccccc3F)CC2)C1. The number of benzene rings is 2. The van der Waals surface area contributed by atoms with Crippen LogP contribution in [0, 0.1) is 11.7 Å². The Morgan fingerprint density at radius 2 is 1.65 bits per heavy atom. The lowest BCUT2D eigenvalue weighted by Crippen LogP contribution is -2.52. The van der Waals surface area contributed by atoms with Crippen molar-refractivity contribution in [3.05, 3.63) is 60.4 Å². The van der Waals surface area contributed by atoms with E-state index >= 15 is 0 Å². The van der Waals surface area contributed by atoms with Gasteiger partial charge in [-0.25, -0.2) is 4.39 Å². The molecule has 2 aromatic rings. The molecule has 2 aliphatic rings. The Bertz CT molecular complexity index is 899. The summed E-state index contributed by atoms with van der Waals surface area (Å²) < 4.78 is 14.0. The highest BCUT2D eigenvalue weighted by Gasteiger charge is 2.29. The van der Waals surface area contributed by atoms with Gasteiger partial charge in [0.2, 0.25) is 11.8 Å². The fourth-order valence-corrected chi connectivity index (χ4v) is 4.38. The third-order valence-corrected chi connectivity index (χ3v) is 6.10. The van der Waals surface area contributed by atoms with E-state index in [2.05, 4.69) is 10.2 Å². The number of carbonyl (C=O) groups excluding carboxylic acids is 2. The summed E-state index contributed by atoms with van der Waals surface area (Å²) in [5, 5.41) is 2.98. The summed E-state index contributed by atoms with van der Waals surface area (Å²) in [4.78, 5) is 31.4. The average molecular weight is 425 g/mol. The monoisotopic (exact) mass is 424 g/mol. The Labute approximate surface area is 182 Å². The molecule has 2 heterocycles. The van der Waals surface area contributed by atoms with E-state index < -0.39 is 0 Å². The molecule has 2 amide bonds. The molecule has 0 spiro atoms. The third-order valence-electron chi connectivity index (χ3n) is 6.10. The van der Waals surface area contributed by atoms with Gasteiger partial charge in [0.1, 0.15) is 5.82 Å². The standard InChI is InChI=1S/C24H29FN4O2/c25-21-10-4-5-11-22(21)28-13-15-29(16-14-28)23(30)18-27-12-6-7-19(17-27)24(31)26-20-8-2-1-3-9-20/h1-5,8-11,19H,6-7,12-18H2,(H,26,31)/t19-/m1/s1. The van der Waals surface area contributed by atoms with Crippen molar-refractivity contribution >= 4 is 23.2 Å². The van der Waals surface area contributed by atoms with E-state index in [1.807, 2.05) is 46.2 Å². The molecule has 1 atom stereocenters. The van der Waals surface area contributed by atoms with E-state index in [9.17, 15) is 14.0 Å². The molecule has 0 radical (unpaired) electrons. The second kappa shape index (κ2) is 9.92.